The van der Waals surface area contributed by atoms with Gasteiger partial charge in [-0.25, -0.2) is 4.98 Å². The van der Waals surface area contributed by atoms with Crippen molar-refractivity contribution in [3.8, 4) is 0 Å². The van der Waals surface area contributed by atoms with Crippen molar-refractivity contribution in [3.05, 3.63) is 52.0 Å². The van der Waals surface area contributed by atoms with Crippen LogP contribution < -0.4 is 5.32 Å². The Balaban J connectivity index is 1.91. The van der Waals surface area contributed by atoms with E-state index in [9.17, 15) is 9.90 Å². The van der Waals surface area contributed by atoms with E-state index in [0.717, 1.165) is 16.9 Å². The number of rotatable bonds is 6. The van der Waals surface area contributed by atoms with Crippen molar-refractivity contribution in [2.24, 2.45) is 0 Å². The maximum Gasteiger partial charge on any atom is 0.280 e. The highest BCUT2D eigenvalue weighted by Crippen LogP contribution is 2.14. The number of thiazole rings is 1. The number of amides is 1. The molecule has 1 aromatic carbocycles. The number of carbonyl (C=O) groups is 1. The number of aliphatic hydroxyl groups is 1. The van der Waals surface area contributed by atoms with Crippen LogP contribution in [0.5, 0.6) is 0 Å². The molecular formula is C16H20N2O2S. The summed E-state index contributed by atoms with van der Waals surface area (Å²) >= 11 is 1.39. The van der Waals surface area contributed by atoms with Gasteiger partial charge in [0.05, 0.1) is 12.1 Å². The van der Waals surface area contributed by atoms with Gasteiger partial charge in [0.1, 0.15) is 0 Å². The Kier molecular flexibility index (Phi) is 5.47. The molecule has 5 heteroatoms. The van der Waals surface area contributed by atoms with Gasteiger partial charge in [-0.15, -0.1) is 11.3 Å². The molecule has 2 atom stereocenters. The number of hydrogen-bond donors (Lipinski definition) is 2. The van der Waals surface area contributed by atoms with Crippen molar-refractivity contribution in [1.82, 2.24) is 10.3 Å². The van der Waals surface area contributed by atoms with E-state index in [1.165, 1.54) is 11.3 Å². The first-order valence-corrected chi connectivity index (χ1v) is 7.89. The zero-order valence-corrected chi connectivity index (χ0v) is 13.1. The van der Waals surface area contributed by atoms with E-state index in [2.05, 4.69) is 10.3 Å². The van der Waals surface area contributed by atoms with E-state index in [-0.39, 0.29) is 11.9 Å². The van der Waals surface area contributed by atoms with E-state index >= 15 is 0 Å². The molecule has 4 nitrogen and oxygen atoms in total. The van der Waals surface area contributed by atoms with Gasteiger partial charge in [0.2, 0.25) is 0 Å². The lowest BCUT2D eigenvalue weighted by molar-refractivity contribution is 0.0851. The summed E-state index contributed by atoms with van der Waals surface area (Å²) in [5.74, 6) is -0.223. The third kappa shape index (κ3) is 4.37. The zero-order chi connectivity index (χ0) is 15.2. The van der Waals surface area contributed by atoms with Crippen LogP contribution in [-0.2, 0) is 12.8 Å². The quantitative estimate of drug-likeness (QED) is 0.861. The molecular weight excluding hydrogens is 284 g/mol. The minimum absolute atomic E-state index is 0.223. The zero-order valence-electron chi connectivity index (χ0n) is 12.2. The largest absolute Gasteiger partial charge is 0.391 e. The van der Waals surface area contributed by atoms with Gasteiger partial charge in [0.15, 0.2) is 5.01 Å². The average Bonchev–Trinajstić information content (AvgIpc) is 2.97. The van der Waals surface area contributed by atoms with Crippen LogP contribution in [0.4, 0.5) is 0 Å². The number of aliphatic hydroxyl groups excluding tert-OH is 1. The van der Waals surface area contributed by atoms with Crippen LogP contribution in [0.3, 0.4) is 0 Å². The van der Waals surface area contributed by atoms with Crippen LogP contribution in [0.1, 0.15) is 34.1 Å². The molecule has 0 aliphatic rings. The van der Waals surface area contributed by atoms with Crippen LogP contribution in [0, 0.1) is 0 Å². The summed E-state index contributed by atoms with van der Waals surface area (Å²) in [4.78, 5) is 17.3. The number of nitrogens with zero attached hydrogens (tertiary/aromatic N) is 1. The lowest BCUT2D eigenvalue weighted by Gasteiger charge is -2.19. The third-order valence-electron chi connectivity index (χ3n) is 3.32. The number of aromatic nitrogens is 1. The molecule has 2 N–H and O–H groups in total. The highest BCUT2D eigenvalue weighted by Gasteiger charge is 2.19. The van der Waals surface area contributed by atoms with Gasteiger partial charge in [-0.05, 0) is 18.9 Å². The van der Waals surface area contributed by atoms with Crippen molar-refractivity contribution in [1.29, 1.82) is 0 Å². The second kappa shape index (κ2) is 7.33. The number of carbonyl (C=O) groups excluding carboxylic acids is 1. The fourth-order valence-corrected chi connectivity index (χ4v) is 2.73. The normalized spacial score (nSPS) is 13.7. The van der Waals surface area contributed by atoms with Gasteiger partial charge in [0.25, 0.3) is 5.91 Å². The monoisotopic (exact) mass is 304 g/mol. The van der Waals surface area contributed by atoms with E-state index in [1.54, 1.807) is 13.1 Å². The Morgan fingerprint density at radius 2 is 2.10 bits per heavy atom. The summed E-state index contributed by atoms with van der Waals surface area (Å²) in [6.07, 6.45) is 2.49. The van der Waals surface area contributed by atoms with Crippen molar-refractivity contribution < 1.29 is 9.90 Å². The number of hydrogen-bond acceptors (Lipinski definition) is 4. The maximum absolute atomic E-state index is 12.1. The molecule has 0 bridgehead atoms. The van der Waals surface area contributed by atoms with E-state index in [4.69, 9.17) is 0 Å². The molecule has 0 spiro atoms. The summed E-state index contributed by atoms with van der Waals surface area (Å²) < 4.78 is 0. The molecule has 0 fully saturated rings. The predicted octanol–water partition coefficient (Wildman–Crippen LogP) is 2.43. The van der Waals surface area contributed by atoms with Crippen LogP contribution in [0.2, 0.25) is 0 Å². The topological polar surface area (TPSA) is 62.2 Å². The van der Waals surface area contributed by atoms with Gasteiger partial charge >= 0.3 is 0 Å². The first-order chi connectivity index (χ1) is 10.1. The summed E-state index contributed by atoms with van der Waals surface area (Å²) in [5.41, 5.74) is 1.05. The molecule has 2 aromatic rings. The van der Waals surface area contributed by atoms with Crippen molar-refractivity contribution in [2.45, 2.75) is 38.8 Å². The van der Waals surface area contributed by atoms with Gasteiger partial charge in [-0.2, -0.15) is 0 Å². The molecule has 2 rings (SSSR count). The average molecular weight is 304 g/mol. The van der Waals surface area contributed by atoms with Crippen molar-refractivity contribution in [2.75, 3.05) is 0 Å². The molecule has 0 saturated heterocycles. The summed E-state index contributed by atoms with van der Waals surface area (Å²) in [5, 5.41) is 13.4. The summed E-state index contributed by atoms with van der Waals surface area (Å²) in [6, 6.07) is 9.42. The molecule has 21 heavy (non-hydrogen) atoms. The molecule has 1 aromatic heterocycles. The molecule has 112 valence electrons. The smallest absolute Gasteiger partial charge is 0.280 e. The van der Waals surface area contributed by atoms with Crippen molar-refractivity contribution in [3.63, 3.8) is 0 Å². The highest BCUT2D eigenvalue weighted by atomic mass is 32.1. The lowest BCUT2D eigenvalue weighted by atomic mass is 10.0. The summed E-state index contributed by atoms with van der Waals surface area (Å²) in [6.45, 7) is 3.83. The molecule has 1 heterocycles. The lowest BCUT2D eigenvalue weighted by Crippen LogP contribution is -2.42. The minimum atomic E-state index is -0.623. The van der Waals surface area contributed by atoms with E-state index in [0.29, 0.717) is 11.4 Å². The SMILES string of the molecule is CCc1cnc(C(=O)N[C@@H](C)[C@@H](O)Cc2ccccc2)s1. The second-order valence-corrected chi connectivity index (χ2v) is 6.12. The van der Waals surface area contributed by atoms with Crippen LogP contribution in [-0.4, -0.2) is 28.1 Å². The van der Waals surface area contributed by atoms with Crippen LogP contribution in [0.15, 0.2) is 36.5 Å². The standard InChI is InChI=1S/C16H20N2O2S/c1-3-13-10-17-16(21-13)15(20)18-11(2)14(19)9-12-7-5-4-6-8-12/h4-8,10-11,14,19H,3,9H2,1-2H3,(H,18,20)/t11-,14-/m0/s1. The number of nitrogens with one attached hydrogen (secondary N) is 1. The van der Waals surface area contributed by atoms with Crippen LogP contribution >= 0.6 is 11.3 Å². The number of aryl methyl sites for hydroxylation is 1. The van der Waals surface area contributed by atoms with E-state index < -0.39 is 6.10 Å². The fourth-order valence-electron chi connectivity index (χ4n) is 1.97. The Morgan fingerprint density at radius 1 is 1.38 bits per heavy atom. The molecule has 0 aliphatic heterocycles. The molecule has 1 amide bonds. The fraction of sp³-hybridized carbons (Fsp3) is 0.375. The van der Waals surface area contributed by atoms with Crippen LogP contribution in [0.25, 0.3) is 0 Å². The summed E-state index contributed by atoms with van der Waals surface area (Å²) in [7, 11) is 0. The van der Waals surface area contributed by atoms with Gasteiger partial charge in [-0.1, -0.05) is 37.3 Å². The first-order valence-electron chi connectivity index (χ1n) is 7.07. The molecule has 0 radical (unpaired) electrons. The van der Waals surface area contributed by atoms with Gasteiger partial charge < -0.3 is 10.4 Å². The van der Waals surface area contributed by atoms with Crippen molar-refractivity contribution >= 4 is 17.2 Å². The molecule has 0 aliphatic carbocycles. The third-order valence-corrected chi connectivity index (χ3v) is 4.46. The Hall–Kier alpha value is -1.72. The van der Waals surface area contributed by atoms with Gasteiger partial charge in [-0.3, -0.25) is 4.79 Å². The Morgan fingerprint density at radius 3 is 2.71 bits per heavy atom. The second-order valence-electron chi connectivity index (χ2n) is 5.00. The predicted molar refractivity (Wildman–Crippen MR) is 84.6 cm³/mol. The molecule has 0 saturated carbocycles. The van der Waals surface area contributed by atoms with E-state index in [1.807, 2.05) is 37.3 Å². The first kappa shape index (κ1) is 15.7. The van der Waals surface area contributed by atoms with Gasteiger partial charge in [0, 0.05) is 17.5 Å². The minimum Gasteiger partial charge on any atom is -0.391 e. The molecule has 0 unspecified atom stereocenters. The highest BCUT2D eigenvalue weighted by molar-refractivity contribution is 7.13. The Labute approximate surface area is 128 Å². The number of benzene rings is 1. The maximum atomic E-state index is 12.1. The Bertz CT molecular complexity index is 583.